The third-order valence-corrected chi connectivity index (χ3v) is 11.1. The number of fused-ring (bicyclic) bond motifs is 8. The number of hydrogen-bond donors (Lipinski definition) is 0. The Morgan fingerprint density at radius 3 is 1.47 bits per heavy atom. The zero-order valence-corrected chi connectivity index (χ0v) is 30.0. The second-order valence-electron chi connectivity index (χ2n) is 14.2. The second-order valence-corrected chi connectivity index (χ2v) is 14.2. The second kappa shape index (κ2) is 12.6. The van der Waals surface area contributed by atoms with Crippen LogP contribution in [0.15, 0.2) is 212 Å². The van der Waals surface area contributed by atoms with Crippen LogP contribution in [0.25, 0.3) is 76.9 Å². The highest BCUT2D eigenvalue weighted by Gasteiger charge is 2.21. The van der Waals surface area contributed by atoms with E-state index in [4.69, 9.17) is 0 Å². The summed E-state index contributed by atoms with van der Waals surface area (Å²) in [7, 11) is 0. The quantitative estimate of drug-likeness (QED) is 0.168. The summed E-state index contributed by atoms with van der Waals surface area (Å²) in [6.45, 7) is 0. The van der Waals surface area contributed by atoms with Crippen LogP contribution < -0.4 is 4.90 Å². The summed E-state index contributed by atoms with van der Waals surface area (Å²) in [5.41, 5.74) is 12.8. The molecule has 55 heavy (non-hydrogen) atoms. The van der Waals surface area contributed by atoms with Crippen molar-refractivity contribution in [3.05, 3.63) is 212 Å². The van der Waals surface area contributed by atoms with Crippen LogP contribution in [0.3, 0.4) is 0 Å². The summed E-state index contributed by atoms with van der Waals surface area (Å²) in [6, 6.07) is 76.7. The normalized spacial score (nSPS) is 11.6. The van der Waals surface area contributed by atoms with Crippen LogP contribution in [0.2, 0.25) is 0 Å². The Bertz CT molecular complexity index is 3170. The maximum atomic E-state index is 2.40. The third kappa shape index (κ3) is 4.98. The first kappa shape index (κ1) is 31.2. The minimum absolute atomic E-state index is 1.10. The smallest absolute Gasteiger partial charge is 0.0562 e. The Balaban J connectivity index is 1.01. The molecule has 0 N–H and O–H groups in total. The summed E-state index contributed by atoms with van der Waals surface area (Å²) in [5.74, 6) is 0. The van der Waals surface area contributed by atoms with Gasteiger partial charge in [-0.3, -0.25) is 0 Å². The molecule has 0 aliphatic carbocycles. The standard InChI is InChI=1S/C52H35N3/c1-3-15-39(16-4-1)53(48-24-13-25-49-52(48)45-21-10-12-23-47(45)54(49)40-17-5-2-6-18-40)41-31-26-36(27-32-41)37-28-33-42(34-29-37)55-46-22-11-9-20-44(46)51-43-19-8-7-14-38(43)30-35-50(51)55/h1-35H. The number of aromatic nitrogens is 2. The van der Waals surface area contributed by atoms with E-state index in [0.717, 1.165) is 28.4 Å². The van der Waals surface area contributed by atoms with Crippen molar-refractivity contribution >= 4 is 71.4 Å². The van der Waals surface area contributed by atoms with Crippen LogP contribution in [0.5, 0.6) is 0 Å². The van der Waals surface area contributed by atoms with Gasteiger partial charge in [0.15, 0.2) is 0 Å². The predicted molar refractivity (Wildman–Crippen MR) is 233 cm³/mol. The van der Waals surface area contributed by atoms with E-state index in [1.54, 1.807) is 0 Å². The predicted octanol–water partition coefficient (Wildman–Crippen LogP) is 14.2. The molecule has 3 heteroatoms. The van der Waals surface area contributed by atoms with Crippen molar-refractivity contribution in [3.63, 3.8) is 0 Å². The fraction of sp³-hybridized carbons (Fsp3) is 0. The average molecular weight is 702 g/mol. The molecule has 0 radical (unpaired) electrons. The molecule has 2 aromatic heterocycles. The van der Waals surface area contributed by atoms with Gasteiger partial charge in [-0.15, -0.1) is 0 Å². The number of para-hydroxylation sites is 4. The first-order valence-corrected chi connectivity index (χ1v) is 18.9. The van der Waals surface area contributed by atoms with Gasteiger partial charge in [-0.2, -0.15) is 0 Å². The van der Waals surface area contributed by atoms with E-state index in [9.17, 15) is 0 Å². The molecule has 0 saturated carbocycles. The van der Waals surface area contributed by atoms with Gasteiger partial charge in [-0.25, -0.2) is 0 Å². The molecular weight excluding hydrogens is 667 g/mol. The fourth-order valence-corrected chi connectivity index (χ4v) is 8.67. The summed E-state index contributed by atoms with van der Waals surface area (Å²) >= 11 is 0. The Morgan fingerprint density at radius 1 is 0.291 bits per heavy atom. The highest BCUT2D eigenvalue weighted by atomic mass is 15.1. The van der Waals surface area contributed by atoms with Gasteiger partial charge in [0.2, 0.25) is 0 Å². The van der Waals surface area contributed by atoms with Gasteiger partial charge in [0.25, 0.3) is 0 Å². The Morgan fingerprint density at radius 2 is 0.782 bits per heavy atom. The van der Waals surface area contributed by atoms with Gasteiger partial charge < -0.3 is 14.0 Å². The van der Waals surface area contributed by atoms with E-state index >= 15 is 0 Å². The Hall–Kier alpha value is -7.36. The van der Waals surface area contributed by atoms with Gasteiger partial charge in [-0.05, 0) is 101 Å². The number of hydrogen-bond acceptors (Lipinski definition) is 1. The number of nitrogens with zero attached hydrogens (tertiary/aromatic N) is 3. The van der Waals surface area contributed by atoms with Gasteiger partial charge in [-0.1, -0.05) is 133 Å². The molecule has 0 atom stereocenters. The average Bonchev–Trinajstić information content (AvgIpc) is 3.79. The van der Waals surface area contributed by atoms with Crippen molar-refractivity contribution in [2.24, 2.45) is 0 Å². The molecule has 258 valence electrons. The van der Waals surface area contributed by atoms with Gasteiger partial charge in [0.05, 0.1) is 27.8 Å². The highest BCUT2D eigenvalue weighted by molar-refractivity contribution is 6.21. The molecule has 3 nitrogen and oxygen atoms in total. The molecule has 0 unspecified atom stereocenters. The van der Waals surface area contributed by atoms with Gasteiger partial charge >= 0.3 is 0 Å². The van der Waals surface area contributed by atoms with E-state index < -0.39 is 0 Å². The van der Waals surface area contributed by atoms with E-state index in [-0.39, 0.29) is 0 Å². The molecule has 0 amide bonds. The topological polar surface area (TPSA) is 13.1 Å². The number of rotatable bonds is 6. The number of anilines is 3. The maximum Gasteiger partial charge on any atom is 0.0562 e. The lowest BCUT2D eigenvalue weighted by atomic mass is 10.0. The highest BCUT2D eigenvalue weighted by Crippen LogP contribution is 2.44. The van der Waals surface area contributed by atoms with Crippen LogP contribution in [0, 0.1) is 0 Å². The van der Waals surface area contributed by atoms with Crippen molar-refractivity contribution in [2.45, 2.75) is 0 Å². The molecular formula is C52H35N3. The van der Waals surface area contributed by atoms with E-state index in [0.29, 0.717) is 0 Å². The zero-order valence-electron chi connectivity index (χ0n) is 30.0. The SMILES string of the molecule is c1ccc(N(c2ccc(-c3ccc(-n4c5ccccc5c5c6ccccc6ccc54)cc3)cc2)c2cccc3c2c2ccccc2n3-c2ccccc2)cc1. The molecule has 2 heterocycles. The molecule has 11 aromatic rings. The van der Waals surface area contributed by atoms with E-state index in [2.05, 4.69) is 226 Å². The van der Waals surface area contributed by atoms with Crippen LogP contribution in [0.1, 0.15) is 0 Å². The van der Waals surface area contributed by atoms with Gasteiger partial charge in [0, 0.05) is 44.3 Å². The van der Waals surface area contributed by atoms with Crippen LogP contribution in [-0.4, -0.2) is 9.13 Å². The zero-order chi connectivity index (χ0) is 36.3. The Labute approximate surface area is 319 Å². The molecule has 11 rings (SSSR count). The van der Waals surface area contributed by atoms with Crippen LogP contribution in [0.4, 0.5) is 17.1 Å². The monoisotopic (exact) mass is 701 g/mol. The lowest BCUT2D eigenvalue weighted by Crippen LogP contribution is -2.10. The molecule has 0 saturated heterocycles. The minimum Gasteiger partial charge on any atom is -0.310 e. The number of benzene rings is 9. The summed E-state index contributed by atoms with van der Waals surface area (Å²) in [4.78, 5) is 2.39. The van der Waals surface area contributed by atoms with E-state index in [1.807, 2.05) is 0 Å². The molecule has 9 aromatic carbocycles. The fourth-order valence-electron chi connectivity index (χ4n) is 8.67. The van der Waals surface area contributed by atoms with Crippen molar-refractivity contribution in [1.82, 2.24) is 9.13 Å². The minimum atomic E-state index is 1.10. The summed E-state index contributed by atoms with van der Waals surface area (Å²) < 4.78 is 4.78. The lowest BCUT2D eigenvalue weighted by molar-refractivity contribution is 1.18. The molecule has 0 fully saturated rings. The van der Waals surface area contributed by atoms with Gasteiger partial charge in [0.1, 0.15) is 0 Å². The van der Waals surface area contributed by atoms with Crippen LogP contribution in [-0.2, 0) is 0 Å². The van der Waals surface area contributed by atoms with E-state index in [1.165, 1.54) is 65.5 Å². The molecule has 0 bridgehead atoms. The largest absolute Gasteiger partial charge is 0.310 e. The maximum absolute atomic E-state index is 2.40. The first-order chi connectivity index (χ1) is 27.3. The lowest BCUT2D eigenvalue weighted by Gasteiger charge is -2.26. The van der Waals surface area contributed by atoms with Crippen molar-refractivity contribution in [1.29, 1.82) is 0 Å². The van der Waals surface area contributed by atoms with Crippen molar-refractivity contribution < 1.29 is 0 Å². The van der Waals surface area contributed by atoms with Crippen molar-refractivity contribution in [2.75, 3.05) is 4.90 Å². The first-order valence-electron chi connectivity index (χ1n) is 18.9. The molecule has 0 aliphatic heterocycles. The molecule has 0 aliphatic rings. The Kier molecular flexibility index (Phi) is 7.17. The van der Waals surface area contributed by atoms with Crippen molar-refractivity contribution in [3.8, 4) is 22.5 Å². The molecule has 0 spiro atoms. The third-order valence-electron chi connectivity index (χ3n) is 11.1. The summed E-state index contributed by atoms with van der Waals surface area (Å²) in [6.07, 6.45) is 0. The van der Waals surface area contributed by atoms with Crippen LogP contribution >= 0.6 is 0 Å². The summed E-state index contributed by atoms with van der Waals surface area (Å²) in [5, 5.41) is 7.58.